The summed E-state index contributed by atoms with van der Waals surface area (Å²) in [5.41, 5.74) is 6.91. The van der Waals surface area contributed by atoms with Gasteiger partial charge in [-0.15, -0.1) is 0 Å². The zero-order chi connectivity index (χ0) is 30.6. The molecular formula is C34H46BN3O4. The summed E-state index contributed by atoms with van der Waals surface area (Å²) < 4.78 is 5.73. The largest absolute Gasteiger partial charge is 0.496 e. The number of methoxy groups -OCH3 is 1. The van der Waals surface area contributed by atoms with Gasteiger partial charge in [0.05, 0.1) is 19.6 Å². The van der Waals surface area contributed by atoms with Crippen LogP contribution in [0.15, 0.2) is 79.0 Å². The second-order valence-electron chi connectivity index (χ2n) is 11.1. The number of ether oxygens (including phenoxy) is 1. The number of carbonyl (C=O) groups is 1. The Labute approximate surface area is 251 Å². The number of carbonyl (C=O) groups excluding carboxylic acids is 1. The average molecular weight is 572 g/mol. The molecule has 3 aromatic carbocycles. The van der Waals surface area contributed by atoms with Gasteiger partial charge < -0.3 is 30.7 Å². The zero-order valence-corrected chi connectivity index (χ0v) is 25.6. The van der Waals surface area contributed by atoms with Gasteiger partial charge in [0.15, 0.2) is 0 Å². The van der Waals surface area contributed by atoms with Crippen molar-refractivity contribution in [3.8, 4) is 16.9 Å². The quantitative estimate of drug-likeness (QED) is 0.152. The van der Waals surface area contributed by atoms with Gasteiger partial charge in [-0.1, -0.05) is 82.8 Å². The maximum absolute atomic E-state index is 13.7. The minimum Gasteiger partial charge on any atom is -0.496 e. The van der Waals surface area contributed by atoms with E-state index in [-0.39, 0.29) is 18.4 Å². The molecule has 0 heterocycles. The predicted octanol–water partition coefficient (Wildman–Crippen LogP) is 5.16. The molecule has 0 saturated heterocycles. The summed E-state index contributed by atoms with van der Waals surface area (Å²) in [6.45, 7) is 12.4. The average Bonchev–Trinajstić information content (AvgIpc) is 2.98. The third kappa shape index (κ3) is 9.40. The molecule has 0 bridgehead atoms. The van der Waals surface area contributed by atoms with Crippen LogP contribution in [0.2, 0.25) is 0 Å². The summed E-state index contributed by atoms with van der Waals surface area (Å²) in [5.74, 6) is 0.343. The van der Waals surface area contributed by atoms with E-state index in [0.717, 1.165) is 41.0 Å². The molecule has 7 nitrogen and oxygen atoms in total. The Bertz CT molecular complexity index is 1290. The standard InChI is InChI=1S/C34H46BN3O4/c1-7-26-18-25(20-32(42-6)30(26)8-2)19-31(34(39)36-22-24(5)37-33(35(40)41)17-23(3)4)38-29-16-12-15-28(21-29)27-13-10-9-11-14-27/h9-16,18,20-21,23,31,33,37-38,40-41H,5,7-8,17,19,22H2,1-4,6H3,(H,36,39). The molecule has 8 heteroatoms. The highest BCUT2D eigenvalue weighted by molar-refractivity contribution is 6.43. The highest BCUT2D eigenvalue weighted by Crippen LogP contribution is 2.28. The predicted molar refractivity (Wildman–Crippen MR) is 173 cm³/mol. The van der Waals surface area contributed by atoms with E-state index in [1.54, 1.807) is 7.11 Å². The molecule has 0 aliphatic rings. The van der Waals surface area contributed by atoms with E-state index in [9.17, 15) is 14.8 Å². The molecule has 3 rings (SSSR count). The van der Waals surface area contributed by atoms with Crippen LogP contribution < -0.4 is 20.7 Å². The first kappa shape index (κ1) is 32.8. The lowest BCUT2D eigenvalue weighted by molar-refractivity contribution is -0.121. The van der Waals surface area contributed by atoms with Gasteiger partial charge >= 0.3 is 7.12 Å². The van der Waals surface area contributed by atoms with Gasteiger partial charge in [0.25, 0.3) is 0 Å². The van der Waals surface area contributed by atoms with Crippen LogP contribution in [0, 0.1) is 5.92 Å². The molecule has 0 saturated carbocycles. The summed E-state index contributed by atoms with van der Waals surface area (Å²) in [5, 5.41) is 29.1. The van der Waals surface area contributed by atoms with E-state index in [2.05, 4.69) is 60.6 Å². The summed E-state index contributed by atoms with van der Waals surface area (Å²) in [6.07, 6.45) is 2.74. The minimum atomic E-state index is -1.53. The Morgan fingerprint density at radius 3 is 2.31 bits per heavy atom. The molecule has 5 N–H and O–H groups in total. The molecule has 0 fully saturated rings. The Morgan fingerprint density at radius 2 is 1.69 bits per heavy atom. The van der Waals surface area contributed by atoms with Crippen molar-refractivity contribution in [3.05, 3.63) is 95.7 Å². The van der Waals surface area contributed by atoms with Gasteiger partial charge in [0.2, 0.25) is 5.91 Å². The lowest BCUT2D eigenvalue weighted by Gasteiger charge is -2.24. The van der Waals surface area contributed by atoms with Crippen LogP contribution in [-0.4, -0.2) is 48.7 Å². The smallest absolute Gasteiger partial charge is 0.475 e. The molecule has 2 atom stereocenters. The molecule has 1 amide bonds. The van der Waals surface area contributed by atoms with E-state index in [4.69, 9.17) is 4.74 Å². The second kappa shape index (κ2) is 16.0. The van der Waals surface area contributed by atoms with Crippen molar-refractivity contribution in [2.24, 2.45) is 5.92 Å². The Morgan fingerprint density at radius 1 is 0.976 bits per heavy atom. The van der Waals surface area contributed by atoms with E-state index in [1.165, 1.54) is 11.1 Å². The Kier molecular flexibility index (Phi) is 12.5. The van der Waals surface area contributed by atoms with Gasteiger partial charge in [-0.05, 0) is 71.2 Å². The van der Waals surface area contributed by atoms with Gasteiger partial charge in [-0.3, -0.25) is 4.79 Å². The van der Waals surface area contributed by atoms with Gasteiger partial charge in [0.1, 0.15) is 11.8 Å². The summed E-state index contributed by atoms with van der Waals surface area (Å²) >= 11 is 0. The van der Waals surface area contributed by atoms with E-state index in [1.807, 2.05) is 56.3 Å². The number of nitrogens with one attached hydrogen (secondary N) is 3. The van der Waals surface area contributed by atoms with Gasteiger partial charge in [-0.2, -0.15) is 0 Å². The maximum Gasteiger partial charge on any atom is 0.475 e. The van der Waals surface area contributed by atoms with Crippen LogP contribution in [0.5, 0.6) is 5.75 Å². The van der Waals surface area contributed by atoms with E-state index >= 15 is 0 Å². The first-order chi connectivity index (χ1) is 20.1. The molecule has 0 aliphatic heterocycles. The van der Waals surface area contributed by atoms with Crippen LogP contribution in [0.1, 0.15) is 50.8 Å². The second-order valence-corrected chi connectivity index (χ2v) is 11.1. The van der Waals surface area contributed by atoms with E-state index in [0.29, 0.717) is 18.5 Å². The fourth-order valence-electron chi connectivity index (χ4n) is 5.24. The first-order valence-corrected chi connectivity index (χ1v) is 14.8. The number of aryl methyl sites for hydroxylation is 1. The van der Waals surface area contributed by atoms with Crippen LogP contribution >= 0.6 is 0 Å². The van der Waals surface area contributed by atoms with Crippen molar-refractivity contribution < 1.29 is 19.6 Å². The van der Waals surface area contributed by atoms with Crippen LogP contribution in [0.3, 0.4) is 0 Å². The first-order valence-electron chi connectivity index (χ1n) is 14.8. The highest BCUT2D eigenvalue weighted by atomic mass is 16.5. The van der Waals surface area contributed by atoms with Gasteiger partial charge in [0, 0.05) is 17.8 Å². The molecule has 0 aliphatic carbocycles. The third-order valence-electron chi connectivity index (χ3n) is 7.33. The van der Waals surface area contributed by atoms with Crippen molar-refractivity contribution in [2.75, 3.05) is 19.0 Å². The molecule has 42 heavy (non-hydrogen) atoms. The molecule has 0 aromatic heterocycles. The molecule has 3 aromatic rings. The Balaban J connectivity index is 1.84. The third-order valence-corrected chi connectivity index (χ3v) is 7.33. The fraction of sp³-hybridized carbons (Fsp3) is 0.382. The normalized spacial score (nSPS) is 12.4. The lowest BCUT2D eigenvalue weighted by atomic mass is 9.75. The lowest BCUT2D eigenvalue weighted by Crippen LogP contribution is -2.47. The summed E-state index contributed by atoms with van der Waals surface area (Å²) in [7, 11) is 0.156. The Hall–Kier alpha value is -3.75. The molecular weight excluding hydrogens is 525 g/mol. The monoisotopic (exact) mass is 571 g/mol. The molecule has 0 radical (unpaired) electrons. The van der Waals surface area contributed by atoms with E-state index < -0.39 is 19.1 Å². The van der Waals surface area contributed by atoms with Crippen molar-refractivity contribution in [3.63, 3.8) is 0 Å². The SMILES string of the molecule is C=C(CNC(=O)C(Cc1cc(CC)c(CC)c(OC)c1)Nc1cccc(-c2ccccc2)c1)NC(CC(C)C)B(O)O. The van der Waals surface area contributed by atoms with Crippen LogP contribution in [0.25, 0.3) is 11.1 Å². The molecule has 0 spiro atoms. The van der Waals surface area contributed by atoms with Crippen molar-refractivity contribution >= 4 is 18.7 Å². The van der Waals surface area contributed by atoms with Crippen LogP contribution in [0.4, 0.5) is 5.69 Å². The summed E-state index contributed by atoms with van der Waals surface area (Å²) in [6, 6.07) is 21.8. The maximum atomic E-state index is 13.7. The number of hydrogen-bond acceptors (Lipinski definition) is 6. The number of rotatable bonds is 16. The van der Waals surface area contributed by atoms with Crippen molar-refractivity contribution in [2.45, 2.75) is 65.4 Å². The zero-order valence-electron chi connectivity index (χ0n) is 25.6. The van der Waals surface area contributed by atoms with Crippen LogP contribution in [-0.2, 0) is 24.1 Å². The van der Waals surface area contributed by atoms with Crippen molar-refractivity contribution in [1.29, 1.82) is 0 Å². The van der Waals surface area contributed by atoms with Crippen molar-refractivity contribution in [1.82, 2.24) is 10.6 Å². The number of amides is 1. The molecule has 224 valence electrons. The summed E-state index contributed by atoms with van der Waals surface area (Å²) in [4.78, 5) is 13.7. The minimum absolute atomic E-state index is 0.153. The highest BCUT2D eigenvalue weighted by Gasteiger charge is 2.25. The number of hydrogen-bond donors (Lipinski definition) is 5. The topological polar surface area (TPSA) is 103 Å². The number of benzene rings is 3. The fourth-order valence-corrected chi connectivity index (χ4v) is 5.24. The molecule has 2 unspecified atom stereocenters. The number of anilines is 1. The van der Waals surface area contributed by atoms with Gasteiger partial charge in [-0.25, -0.2) is 0 Å².